The van der Waals surface area contributed by atoms with Crippen LogP contribution in [0.25, 0.3) is 0 Å². The van der Waals surface area contributed by atoms with Crippen LogP contribution < -0.4 is 15.8 Å². The van der Waals surface area contributed by atoms with Crippen molar-refractivity contribution in [1.82, 2.24) is 0 Å². The fourth-order valence-electron chi connectivity index (χ4n) is 1.72. The zero-order chi connectivity index (χ0) is 16.2. The van der Waals surface area contributed by atoms with Crippen LogP contribution in [0, 0.1) is 11.8 Å². The topological polar surface area (TPSA) is 64.4 Å². The highest BCUT2D eigenvalue weighted by molar-refractivity contribution is 9.10. The van der Waals surface area contributed by atoms with Gasteiger partial charge in [0.15, 0.2) is 5.75 Å². The van der Waals surface area contributed by atoms with E-state index in [0.29, 0.717) is 4.47 Å². The summed E-state index contributed by atoms with van der Waals surface area (Å²) in [6, 6.07) is 3.97. The van der Waals surface area contributed by atoms with Crippen molar-refractivity contribution >= 4 is 27.5 Å². The summed E-state index contributed by atoms with van der Waals surface area (Å²) < 4.78 is 41.4. The first-order valence-electron chi connectivity index (χ1n) is 6.20. The van der Waals surface area contributed by atoms with Crippen molar-refractivity contribution in [3.8, 4) is 5.75 Å². The molecule has 0 aliphatic heterocycles. The third kappa shape index (κ3) is 5.55. The van der Waals surface area contributed by atoms with Crippen molar-refractivity contribution in [3.05, 3.63) is 22.7 Å². The zero-order valence-corrected chi connectivity index (χ0v) is 13.1. The second kappa shape index (κ2) is 7.13. The number of ether oxygens (including phenoxy) is 1. The Balaban J connectivity index is 3.00. The van der Waals surface area contributed by atoms with E-state index in [1.54, 1.807) is 0 Å². The van der Waals surface area contributed by atoms with Crippen molar-refractivity contribution in [2.75, 3.05) is 11.9 Å². The molecule has 0 fully saturated rings. The summed E-state index contributed by atoms with van der Waals surface area (Å²) in [4.78, 5) is 12.0. The molecule has 4 nitrogen and oxygen atoms in total. The van der Waals surface area contributed by atoms with E-state index in [1.807, 2.05) is 13.8 Å². The van der Waals surface area contributed by atoms with Gasteiger partial charge in [-0.3, -0.25) is 4.79 Å². The van der Waals surface area contributed by atoms with Crippen LogP contribution in [0.2, 0.25) is 0 Å². The molecule has 118 valence electrons. The number of nitrogens with one attached hydrogen (secondary N) is 1. The average molecular weight is 369 g/mol. The van der Waals surface area contributed by atoms with Crippen molar-refractivity contribution in [2.45, 2.75) is 20.2 Å². The highest BCUT2D eigenvalue weighted by Crippen LogP contribution is 2.33. The van der Waals surface area contributed by atoms with Crippen molar-refractivity contribution in [2.24, 2.45) is 17.6 Å². The SMILES string of the molecule is CC(C)C(CN)C(=O)Nc1ccc(Br)cc1OC(F)(F)F. The summed E-state index contributed by atoms with van der Waals surface area (Å²) in [5, 5.41) is 2.43. The van der Waals surface area contributed by atoms with Crippen molar-refractivity contribution in [3.63, 3.8) is 0 Å². The summed E-state index contributed by atoms with van der Waals surface area (Å²) in [5.74, 6) is -1.45. The molecule has 0 aliphatic rings. The molecular weight excluding hydrogens is 353 g/mol. The van der Waals surface area contributed by atoms with E-state index in [1.165, 1.54) is 12.1 Å². The van der Waals surface area contributed by atoms with Gasteiger partial charge in [-0.25, -0.2) is 0 Å². The maximum Gasteiger partial charge on any atom is 0.573 e. The first-order chi connectivity index (χ1) is 9.64. The number of amides is 1. The van der Waals surface area contributed by atoms with E-state index in [4.69, 9.17) is 5.73 Å². The molecule has 3 N–H and O–H groups in total. The molecule has 0 radical (unpaired) electrons. The highest BCUT2D eigenvalue weighted by Gasteiger charge is 2.32. The third-order valence-corrected chi connectivity index (χ3v) is 3.32. The number of anilines is 1. The zero-order valence-electron chi connectivity index (χ0n) is 11.5. The Bertz CT molecular complexity index is 507. The maximum atomic E-state index is 12.4. The van der Waals surface area contributed by atoms with Gasteiger partial charge in [0.2, 0.25) is 5.91 Å². The van der Waals surface area contributed by atoms with Gasteiger partial charge >= 0.3 is 6.36 Å². The Kier molecular flexibility index (Phi) is 6.03. The second-order valence-electron chi connectivity index (χ2n) is 4.76. The fraction of sp³-hybridized carbons (Fsp3) is 0.462. The number of carbonyl (C=O) groups excluding carboxylic acids is 1. The quantitative estimate of drug-likeness (QED) is 0.835. The van der Waals surface area contributed by atoms with Crippen LogP contribution in [0.5, 0.6) is 5.75 Å². The summed E-state index contributed by atoms with van der Waals surface area (Å²) in [6.07, 6.45) is -4.84. The average Bonchev–Trinajstić information content (AvgIpc) is 2.31. The van der Waals surface area contributed by atoms with Gasteiger partial charge in [0, 0.05) is 11.0 Å². The van der Waals surface area contributed by atoms with E-state index < -0.39 is 23.9 Å². The molecule has 0 spiro atoms. The Labute approximate surface area is 129 Å². The number of benzene rings is 1. The molecule has 0 aliphatic carbocycles. The van der Waals surface area contributed by atoms with Gasteiger partial charge in [-0.1, -0.05) is 29.8 Å². The molecule has 1 aromatic rings. The number of hydrogen-bond donors (Lipinski definition) is 2. The Morgan fingerprint density at radius 2 is 2.05 bits per heavy atom. The first kappa shape index (κ1) is 17.8. The van der Waals surface area contributed by atoms with Gasteiger partial charge in [-0.2, -0.15) is 0 Å². The van der Waals surface area contributed by atoms with Crippen molar-refractivity contribution < 1.29 is 22.7 Å². The Morgan fingerprint density at radius 1 is 1.43 bits per heavy atom. The number of rotatable bonds is 5. The molecule has 1 atom stereocenters. The summed E-state index contributed by atoms with van der Waals surface area (Å²) >= 11 is 3.06. The van der Waals surface area contributed by atoms with Crippen LogP contribution >= 0.6 is 15.9 Å². The highest BCUT2D eigenvalue weighted by atomic mass is 79.9. The van der Waals surface area contributed by atoms with E-state index in [9.17, 15) is 18.0 Å². The third-order valence-electron chi connectivity index (χ3n) is 2.82. The van der Waals surface area contributed by atoms with Gasteiger partial charge in [-0.15, -0.1) is 13.2 Å². The van der Waals surface area contributed by atoms with Crippen LogP contribution in [0.4, 0.5) is 18.9 Å². The predicted molar refractivity (Wildman–Crippen MR) is 76.8 cm³/mol. The smallest absolute Gasteiger partial charge is 0.404 e. The number of halogens is 4. The summed E-state index contributed by atoms with van der Waals surface area (Å²) in [6.45, 7) is 3.73. The molecule has 1 rings (SSSR count). The Hall–Kier alpha value is -1.28. The van der Waals surface area contributed by atoms with Crippen LogP contribution in [-0.2, 0) is 4.79 Å². The number of hydrogen-bond acceptors (Lipinski definition) is 3. The van der Waals surface area contributed by atoms with E-state index in [0.717, 1.165) is 6.07 Å². The lowest BCUT2D eigenvalue weighted by molar-refractivity contribution is -0.274. The van der Waals surface area contributed by atoms with Crippen LogP contribution in [0.15, 0.2) is 22.7 Å². The molecule has 0 saturated carbocycles. The van der Waals surface area contributed by atoms with Gasteiger partial charge in [0.25, 0.3) is 0 Å². The fourth-order valence-corrected chi connectivity index (χ4v) is 2.06. The van der Waals surface area contributed by atoms with Gasteiger partial charge in [0.1, 0.15) is 0 Å². The van der Waals surface area contributed by atoms with E-state index >= 15 is 0 Å². The molecule has 0 bridgehead atoms. The molecular formula is C13H16BrF3N2O2. The number of nitrogens with two attached hydrogens (primary N) is 1. The summed E-state index contributed by atoms with van der Waals surface area (Å²) in [5.41, 5.74) is 5.46. The molecule has 1 aromatic carbocycles. The minimum absolute atomic E-state index is 0.0302. The maximum absolute atomic E-state index is 12.4. The first-order valence-corrected chi connectivity index (χ1v) is 6.99. The molecule has 1 amide bonds. The lowest BCUT2D eigenvalue weighted by atomic mass is 9.95. The van der Waals surface area contributed by atoms with E-state index in [2.05, 4.69) is 26.0 Å². The van der Waals surface area contributed by atoms with Gasteiger partial charge in [-0.05, 0) is 24.1 Å². The van der Waals surface area contributed by atoms with Gasteiger partial charge in [0.05, 0.1) is 11.6 Å². The van der Waals surface area contributed by atoms with Crippen molar-refractivity contribution in [1.29, 1.82) is 0 Å². The second-order valence-corrected chi connectivity index (χ2v) is 5.68. The minimum atomic E-state index is -4.84. The standard InChI is InChI=1S/C13H16BrF3N2O2/c1-7(2)9(6-18)12(20)19-10-4-3-8(14)5-11(10)21-13(15,16)17/h3-5,7,9H,6,18H2,1-2H3,(H,19,20). The molecule has 0 heterocycles. The summed E-state index contributed by atoms with van der Waals surface area (Å²) in [7, 11) is 0. The lowest BCUT2D eigenvalue weighted by Gasteiger charge is -2.20. The number of alkyl halides is 3. The molecule has 0 saturated heterocycles. The lowest BCUT2D eigenvalue weighted by Crippen LogP contribution is -2.33. The van der Waals surface area contributed by atoms with Gasteiger partial charge < -0.3 is 15.8 Å². The normalized spacial score (nSPS) is 13.1. The van der Waals surface area contributed by atoms with Crippen LogP contribution in [0.3, 0.4) is 0 Å². The molecule has 0 aromatic heterocycles. The van der Waals surface area contributed by atoms with Crippen LogP contribution in [0.1, 0.15) is 13.8 Å². The molecule has 21 heavy (non-hydrogen) atoms. The number of carbonyl (C=O) groups is 1. The predicted octanol–water partition coefficient (Wildman–Crippen LogP) is 3.52. The Morgan fingerprint density at radius 3 is 2.52 bits per heavy atom. The largest absolute Gasteiger partial charge is 0.573 e. The molecule has 1 unspecified atom stereocenters. The van der Waals surface area contributed by atoms with E-state index in [-0.39, 0.29) is 18.2 Å². The van der Waals surface area contributed by atoms with Crippen LogP contribution in [-0.4, -0.2) is 18.8 Å². The monoisotopic (exact) mass is 368 g/mol. The minimum Gasteiger partial charge on any atom is -0.404 e. The molecule has 8 heteroatoms.